The molecule has 0 saturated heterocycles. The van der Waals surface area contributed by atoms with Crippen molar-refractivity contribution < 1.29 is 18.7 Å². The summed E-state index contributed by atoms with van der Waals surface area (Å²) in [6.45, 7) is 1.98. The Balaban J connectivity index is 2.58. The zero-order chi connectivity index (χ0) is 12.8. The van der Waals surface area contributed by atoms with Crippen molar-refractivity contribution in [2.75, 3.05) is 6.61 Å². The van der Waals surface area contributed by atoms with E-state index < -0.39 is 11.8 Å². The first-order valence-electron chi connectivity index (χ1n) is 5.18. The minimum atomic E-state index is -0.575. The van der Waals surface area contributed by atoms with Gasteiger partial charge in [0.2, 0.25) is 0 Å². The molecule has 0 atom stereocenters. The molecule has 0 aliphatic carbocycles. The summed E-state index contributed by atoms with van der Waals surface area (Å²) in [5.74, 6) is -1.26. The van der Waals surface area contributed by atoms with Crippen molar-refractivity contribution in [3.8, 4) is 0 Å². The lowest BCUT2D eigenvalue weighted by Crippen LogP contribution is -2.08. The van der Waals surface area contributed by atoms with Crippen molar-refractivity contribution in [3.63, 3.8) is 0 Å². The van der Waals surface area contributed by atoms with E-state index in [-0.39, 0.29) is 30.3 Å². The van der Waals surface area contributed by atoms with Crippen molar-refractivity contribution in [3.05, 3.63) is 34.6 Å². The molecule has 0 unspecified atom stereocenters. The van der Waals surface area contributed by atoms with Gasteiger partial charge in [0.25, 0.3) is 0 Å². The molecule has 0 aliphatic rings. The molecule has 17 heavy (non-hydrogen) atoms. The molecule has 0 N–H and O–H groups in total. The van der Waals surface area contributed by atoms with Gasteiger partial charge in [0, 0.05) is 12.0 Å². The van der Waals surface area contributed by atoms with Gasteiger partial charge >= 0.3 is 5.97 Å². The maximum atomic E-state index is 12.9. The molecule has 0 heterocycles. The van der Waals surface area contributed by atoms with Gasteiger partial charge in [-0.05, 0) is 25.1 Å². The molecule has 0 amide bonds. The number of halogens is 2. The number of Topliss-reactive ketones (excluding diaryl/α,β-unsaturated/α-hetero) is 1. The average molecular weight is 259 g/mol. The van der Waals surface area contributed by atoms with Crippen LogP contribution in [0.15, 0.2) is 18.2 Å². The molecule has 0 spiro atoms. The second-order valence-corrected chi connectivity index (χ2v) is 3.76. The monoisotopic (exact) mass is 258 g/mol. The van der Waals surface area contributed by atoms with Crippen molar-refractivity contribution in [2.45, 2.75) is 19.8 Å². The average Bonchev–Trinajstić information content (AvgIpc) is 2.30. The first-order chi connectivity index (χ1) is 8.04. The summed E-state index contributed by atoms with van der Waals surface area (Å²) < 4.78 is 17.6. The van der Waals surface area contributed by atoms with E-state index in [9.17, 15) is 14.0 Å². The van der Waals surface area contributed by atoms with Crippen LogP contribution in [0.3, 0.4) is 0 Å². The van der Waals surface area contributed by atoms with Gasteiger partial charge in [-0.15, -0.1) is 0 Å². The van der Waals surface area contributed by atoms with Crippen LogP contribution in [0.25, 0.3) is 0 Å². The van der Waals surface area contributed by atoms with Gasteiger partial charge in [-0.1, -0.05) is 11.6 Å². The maximum Gasteiger partial charge on any atom is 0.306 e. The Kier molecular flexibility index (Phi) is 5.10. The largest absolute Gasteiger partial charge is 0.466 e. The minimum absolute atomic E-state index is 0.0155. The third-order valence-corrected chi connectivity index (χ3v) is 2.39. The van der Waals surface area contributed by atoms with E-state index in [4.69, 9.17) is 16.3 Å². The van der Waals surface area contributed by atoms with Gasteiger partial charge < -0.3 is 4.74 Å². The molecule has 1 aromatic rings. The molecule has 1 rings (SSSR count). The summed E-state index contributed by atoms with van der Waals surface area (Å²) in [6.07, 6.45) is 0.0441. The zero-order valence-corrected chi connectivity index (χ0v) is 10.1. The Morgan fingerprint density at radius 3 is 2.65 bits per heavy atom. The number of esters is 1. The predicted octanol–water partition coefficient (Wildman–Crippen LogP) is 3.01. The number of ether oxygens (including phenoxy) is 1. The molecular weight excluding hydrogens is 247 g/mol. The van der Waals surface area contributed by atoms with Crippen LogP contribution < -0.4 is 0 Å². The number of rotatable bonds is 5. The quantitative estimate of drug-likeness (QED) is 0.602. The molecule has 3 nitrogen and oxygen atoms in total. The van der Waals surface area contributed by atoms with Crippen LogP contribution in [0.2, 0.25) is 5.02 Å². The van der Waals surface area contributed by atoms with Crippen LogP contribution in [0.5, 0.6) is 0 Å². The number of carbonyl (C=O) groups is 2. The summed E-state index contributed by atoms with van der Waals surface area (Å²) in [5.41, 5.74) is 0.292. The van der Waals surface area contributed by atoms with Crippen molar-refractivity contribution in [2.24, 2.45) is 0 Å². The maximum absolute atomic E-state index is 12.9. The highest BCUT2D eigenvalue weighted by atomic mass is 35.5. The summed E-state index contributed by atoms with van der Waals surface area (Å²) >= 11 is 5.55. The number of hydrogen-bond donors (Lipinski definition) is 0. The summed E-state index contributed by atoms with van der Waals surface area (Å²) in [4.78, 5) is 22.7. The first-order valence-corrected chi connectivity index (χ1v) is 5.56. The second kappa shape index (κ2) is 6.35. The lowest BCUT2D eigenvalue weighted by Gasteiger charge is -2.02. The van der Waals surface area contributed by atoms with Gasteiger partial charge in [0.05, 0.1) is 18.1 Å². The van der Waals surface area contributed by atoms with E-state index >= 15 is 0 Å². The topological polar surface area (TPSA) is 43.4 Å². The Morgan fingerprint density at radius 1 is 1.35 bits per heavy atom. The Bertz CT molecular complexity index is 432. The molecule has 92 valence electrons. The first kappa shape index (κ1) is 13.6. The minimum Gasteiger partial charge on any atom is -0.466 e. The Hall–Kier alpha value is -1.42. The highest BCUT2D eigenvalue weighted by Crippen LogP contribution is 2.17. The lowest BCUT2D eigenvalue weighted by atomic mass is 10.1. The molecule has 0 radical (unpaired) electrons. The molecule has 1 aromatic carbocycles. The van der Waals surface area contributed by atoms with Gasteiger partial charge in [0.15, 0.2) is 5.78 Å². The summed E-state index contributed by atoms with van der Waals surface area (Å²) in [6, 6.07) is 3.72. The van der Waals surface area contributed by atoms with Crippen LogP contribution >= 0.6 is 11.6 Å². The van der Waals surface area contributed by atoms with E-state index in [2.05, 4.69) is 0 Å². The van der Waals surface area contributed by atoms with Gasteiger partial charge in [-0.2, -0.15) is 0 Å². The fourth-order valence-corrected chi connectivity index (χ4v) is 1.44. The summed E-state index contributed by atoms with van der Waals surface area (Å²) in [7, 11) is 0. The van der Waals surface area contributed by atoms with Crippen LogP contribution in [0, 0.1) is 5.82 Å². The highest BCUT2D eigenvalue weighted by Gasteiger charge is 2.11. The van der Waals surface area contributed by atoms with E-state index in [1.165, 1.54) is 12.1 Å². The Morgan fingerprint density at radius 2 is 2.06 bits per heavy atom. The zero-order valence-electron chi connectivity index (χ0n) is 9.33. The lowest BCUT2D eigenvalue weighted by molar-refractivity contribution is -0.143. The van der Waals surface area contributed by atoms with Gasteiger partial charge in [-0.25, -0.2) is 4.39 Å². The number of carbonyl (C=O) groups excluding carboxylic acids is 2. The van der Waals surface area contributed by atoms with Crippen LogP contribution in [0.1, 0.15) is 30.1 Å². The second-order valence-electron chi connectivity index (χ2n) is 3.36. The van der Waals surface area contributed by atoms with Crippen LogP contribution in [-0.4, -0.2) is 18.4 Å². The summed E-state index contributed by atoms with van der Waals surface area (Å²) in [5, 5.41) is -0.105. The normalized spacial score (nSPS) is 10.1. The molecule has 5 heteroatoms. The van der Waals surface area contributed by atoms with Crippen molar-refractivity contribution in [1.82, 2.24) is 0 Å². The molecule has 0 fully saturated rings. The fraction of sp³-hybridized carbons (Fsp3) is 0.333. The SMILES string of the molecule is CCOC(=O)CCC(=O)c1ccc(F)c(Cl)c1. The fourth-order valence-electron chi connectivity index (χ4n) is 1.26. The van der Waals surface area contributed by atoms with Crippen LogP contribution in [-0.2, 0) is 9.53 Å². The number of ketones is 1. The van der Waals surface area contributed by atoms with Crippen molar-refractivity contribution >= 4 is 23.4 Å². The standard InChI is InChI=1S/C12H12ClFO3/c1-2-17-12(16)6-5-11(15)8-3-4-10(14)9(13)7-8/h3-4,7H,2,5-6H2,1H3. The molecule has 0 aliphatic heterocycles. The molecule has 0 saturated carbocycles. The predicted molar refractivity (Wildman–Crippen MR) is 61.6 cm³/mol. The Labute approximate surface area is 104 Å². The van der Waals surface area contributed by atoms with Crippen LogP contribution in [0.4, 0.5) is 4.39 Å². The highest BCUT2D eigenvalue weighted by molar-refractivity contribution is 6.31. The number of benzene rings is 1. The van der Waals surface area contributed by atoms with E-state index in [0.717, 1.165) is 6.07 Å². The van der Waals surface area contributed by atoms with E-state index in [1.54, 1.807) is 6.92 Å². The molecule has 0 aromatic heterocycles. The van der Waals surface area contributed by atoms with E-state index in [0.29, 0.717) is 5.56 Å². The smallest absolute Gasteiger partial charge is 0.306 e. The third kappa shape index (κ3) is 4.15. The van der Waals surface area contributed by atoms with Gasteiger partial charge in [0.1, 0.15) is 5.82 Å². The third-order valence-electron chi connectivity index (χ3n) is 2.10. The molecule has 0 bridgehead atoms. The molecular formula is C12H12ClFO3. The van der Waals surface area contributed by atoms with Crippen molar-refractivity contribution in [1.29, 1.82) is 0 Å². The van der Waals surface area contributed by atoms with E-state index in [1.807, 2.05) is 0 Å². The van der Waals surface area contributed by atoms with Gasteiger partial charge in [-0.3, -0.25) is 9.59 Å². The number of hydrogen-bond acceptors (Lipinski definition) is 3.